The third-order valence-electron chi connectivity index (χ3n) is 3.57. The Kier molecular flexibility index (Phi) is 4.90. The molecule has 5 nitrogen and oxygen atoms in total. The highest BCUT2D eigenvalue weighted by molar-refractivity contribution is 7.82. The quantitative estimate of drug-likeness (QED) is 0.690. The molecule has 19 heavy (non-hydrogen) atoms. The lowest BCUT2D eigenvalue weighted by atomic mass is 9.69. The molecule has 0 amide bonds. The van der Waals surface area contributed by atoms with Crippen LogP contribution in [0.2, 0.25) is 0 Å². The minimum absolute atomic E-state index is 0.455. The molecule has 6 heteroatoms. The fourth-order valence-corrected chi connectivity index (χ4v) is 3.46. The van der Waals surface area contributed by atoms with Gasteiger partial charge in [0.15, 0.2) is 0 Å². The minimum atomic E-state index is -1.72. The normalized spacial score (nSPS) is 25.4. The van der Waals surface area contributed by atoms with Crippen LogP contribution in [0.5, 0.6) is 0 Å². The molecule has 0 spiro atoms. The lowest BCUT2D eigenvalue weighted by Crippen LogP contribution is -2.58. The number of carbonyl (C=O) groups is 2. The molecule has 2 N–H and O–H groups in total. The molecule has 3 unspecified atom stereocenters. The van der Waals surface area contributed by atoms with Gasteiger partial charge >= 0.3 is 11.9 Å². The van der Waals surface area contributed by atoms with E-state index in [1.165, 1.54) is 0 Å². The first-order valence-corrected chi connectivity index (χ1v) is 6.86. The lowest BCUT2D eigenvalue weighted by molar-refractivity contribution is -0.163. The molecule has 1 heterocycles. The van der Waals surface area contributed by atoms with Gasteiger partial charge in [0.2, 0.25) is 0 Å². The Morgan fingerprint density at radius 1 is 1.26 bits per heavy atom. The predicted octanol–water partition coefficient (Wildman–Crippen LogP) is 2.06. The fraction of sp³-hybridized carbons (Fsp3) is 0.846. The van der Waals surface area contributed by atoms with Crippen molar-refractivity contribution in [1.82, 2.24) is 0 Å². The number of hydrogen-bond acceptors (Lipinski definition) is 4. The molecule has 1 saturated heterocycles. The average molecular weight is 290 g/mol. The van der Waals surface area contributed by atoms with Crippen molar-refractivity contribution in [2.75, 3.05) is 6.61 Å². The Morgan fingerprint density at radius 3 is 2.16 bits per heavy atom. The summed E-state index contributed by atoms with van der Waals surface area (Å²) in [6.45, 7) is 5.59. The van der Waals surface area contributed by atoms with E-state index in [2.05, 4.69) is 12.6 Å². The van der Waals surface area contributed by atoms with Gasteiger partial charge in [-0.15, -0.1) is 0 Å². The van der Waals surface area contributed by atoms with Crippen molar-refractivity contribution in [3.8, 4) is 0 Å². The topological polar surface area (TPSA) is 83.8 Å². The maximum atomic E-state index is 11.7. The van der Waals surface area contributed by atoms with Crippen molar-refractivity contribution in [1.29, 1.82) is 0 Å². The summed E-state index contributed by atoms with van der Waals surface area (Å²) in [7, 11) is 0. The van der Waals surface area contributed by atoms with Crippen LogP contribution >= 0.6 is 12.6 Å². The maximum Gasteiger partial charge on any atom is 0.323 e. The number of carboxylic acids is 2. The molecule has 1 rings (SSSR count). The van der Waals surface area contributed by atoms with Gasteiger partial charge in [0.1, 0.15) is 4.75 Å². The first kappa shape index (κ1) is 16.3. The van der Waals surface area contributed by atoms with Crippen molar-refractivity contribution in [2.24, 2.45) is 11.3 Å². The summed E-state index contributed by atoms with van der Waals surface area (Å²) < 4.78 is 3.79. The fourth-order valence-electron chi connectivity index (χ4n) is 2.75. The average Bonchev–Trinajstić information content (AvgIpc) is 2.27. The second-order valence-electron chi connectivity index (χ2n) is 6.12. The summed E-state index contributed by atoms with van der Waals surface area (Å²) in [5, 5.41) is 19.0. The first-order valence-electron chi connectivity index (χ1n) is 6.42. The van der Waals surface area contributed by atoms with Gasteiger partial charge in [-0.3, -0.25) is 9.59 Å². The number of ether oxygens (including phenoxy) is 1. The van der Waals surface area contributed by atoms with E-state index in [1.807, 2.05) is 0 Å². The standard InChI is InChI=1S/C13H22O5S/c1-12(2,3)9(10(14)15)13(19,11(16)17)8-6-4-5-7-18-8/h8-9,19H,4-7H2,1-3H3,(H,14,15)(H,16,17). The second-order valence-corrected chi connectivity index (χ2v) is 6.86. The molecule has 1 aliphatic rings. The molecule has 0 aromatic carbocycles. The van der Waals surface area contributed by atoms with Crippen LogP contribution < -0.4 is 0 Å². The highest BCUT2D eigenvalue weighted by Gasteiger charge is 2.57. The van der Waals surface area contributed by atoms with E-state index >= 15 is 0 Å². The zero-order valence-electron chi connectivity index (χ0n) is 11.5. The van der Waals surface area contributed by atoms with Crippen LogP contribution in [-0.4, -0.2) is 39.6 Å². The zero-order valence-corrected chi connectivity index (χ0v) is 12.4. The van der Waals surface area contributed by atoms with Crippen LogP contribution in [-0.2, 0) is 14.3 Å². The molecule has 0 bridgehead atoms. The van der Waals surface area contributed by atoms with Gasteiger partial charge in [-0.05, 0) is 24.7 Å². The smallest absolute Gasteiger partial charge is 0.323 e. The monoisotopic (exact) mass is 290 g/mol. The van der Waals surface area contributed by atoms with Crippen LogP contribution in [0.25, 0.3) is 0 Å². The van der Waals surface area contributed by atoms with E-state index in [-0.39, 0.29) is 0 Å². The van der Waals surface area contributed by atoms with Crippen molar-refractivity contribution < 1.29 is 24.5 Å². The SMILES string of the molecule is CC(C)(C)C(C(=O)O)C(S)(C(=O)O)C1CCCCO1. The summed E-state index contributed by atoms with van der Waals surface area (Å²) in [5.74, 6) is -3.52. The summed E-state index contributed by atoms with van der Waals surface area (Å²) in [6.07, 6.45) is 1.54. The van der Waals surface area contributed by atoms with Crippen LogP contribution in [0.15, 0.2) is 0 Å². The molecule has 1 fully saturated rings. The minimum Gasteiger partial charge on any atom is -0.481 e. The number of carboxylic acid groups (broad SMARTS) is 2. The molecule has 0 saturated carbocycles. The molecule has 3 atom stereocenters. The number of aliphatic carboxylic acids is 2. The Balaban J connectivity index is 3.22. The summed E-state index contributed by atoms with van der Waals surface area (Å²) in [6, 6.07) is 0. The lowest BCUT2D eigenvalue weighted by Gasteiger charge is -2.43. The van der Waals surface area contributed by atoms with Gasteiger partial charge in [-0.25, -0.2) is 0 Å². The van der Waals surface area contributed by atoms with E-state index in [0.29, 0.717) is 13.0 Å². The third-order valence-corrected chi connectivity index (χ3v) is 4.30. The second kappa shape index (κ2) is 5.71. The van der Waals surface area contributed by atoms with Crippen molar-refractivity contribution >= 4 is 24.6 Å². The summed E-state index contributed by atoms with van der Waals surface area (Å²) >= 11 is 4.28. The Morgan fingerprint density at radius 2 is 1.84 bits per heavy atom. The van der Waals surface area contributed by atoms with Gasteiger partial charge in [0.05, 0.1) is 12.0 Å². The maximum absolute atomic E-state index is 11.7. The highest BCUT2D eigenvalue weighted by atomic mass is 32.1. The van der Waals surface area contributed by atoms with E-state index < -0.39 is 34.1 Å². The zero-order chi connectivity index (χ0) is 14.8. The molecule has 1 aliphatic heterocycles. The number of hydrogen-bond donors (Lipinski definition) is 3. The summed E-state index contributed by atoms with van der Waals surface area (Å²) in [5.41, 5.74) is -0.729. The molecular formula is C13H22O5S. The molecule has 0 aliphatic carbocycles. The van der Waals surface area contributed by atoms with E-state index in [4.69, 9.17) is 4.74 Å². The van der Waals surface area contributed by atoms with Gasteiger partial charge < -0.3 is 14.9 Å². The third kappa shape index (κ3) is 3.23. The van der Waals surface area contributed by atoms with Crippen LogP contribution in [0, 0.1) is 11.3 Å². The van der Waals surface area contributed by atoms with Gasteiger partial charge in [0.25, 0.3) is 0 Å². The van der Waals surface area contributed by atoms with Gasteiger partial charge in [-0.1, -0.05) is 20.8 Å². The van der Waals surface area contributed by atoms with Crippen LogP contribution in [0.3, 0.4) is 0 Å². The predicted molar refractivity (Wildman–Crippen MR) is 73.5 cm³/mol. The first-order chi connectivity index (χ1) is 8.61. The Labute approximate surface area is 118 Å². The van der Waals surface area contributed by atoms with Gasteiger partial charge in [0, 0.05) is 6.61 Å². The van der Waals surface area contributed by atoms with E-state index in [0.717, 1.165) is 12.8 Å². The van der Waals surface area contributed by atoms with E-state index in [1.54, 1.807) is 20.8 Å². The molecule has 110 valence electrons. The van der Waals surface area contributed by atoms with E-state index in [9.17, 15) is 19.8 Å². The number of thiol groups is 1. The Hall–Kier alpha value is -0.750. The van der Waals surface area contributed by atoms with Crippen LogP contribution in [0.1, 0.15) is 40.0 Å². The molecular weight excluding hydrogens is 268 g/mol. The molecule has 0 aromatic heterocycles. The van der Waals surface area contributed by atoms with Crippen molar-refractivity contribution in [2.45, 2.75) is 50.9 Å². The summed E-state index contributed by atoms with van der Waals surface area (Å²) in [4.78, 5) is 23.3. The van der Waals surface area contributed by atoms with Gasteiger partial charge in [-0.2, -0.15) is 12.6 Å². The number of rotatable bonds is 4. The largest absolute Gasteiger partial charge is 0.481 e. The van der Waals surface area contributed by atoms with Crippen LogP contribution in [0.4, 0.5) is 0 Å². The molecule has 0 radical (unpaired) electrons. The Bertz CT molecular complexity index is 357. The highest BCUT2D eigenvalue weighted by Crippen LogP contribution is 2.44. The van der Waals surface area contributed by atoms with Crippen molar-refractivity contribution in [3.05, 3.63) is 0 Å². The van der Waals surface area contributed by atoms with Crippen molar-refractivity contribution in [3.63, 3.8) is 0 Å². The molecule has 0 aromatic rings.